The van der Waals surface area contributed by atoms with Gasteiger partial charge in [0.15, 0.2) is 0 Å². The van der Waals surface area contributed by atoms with Crippen molar-refractivity contribution >= 4 is 17.6 Å². The van der Waals surface area contributed by atoms with Gasteiger partial charge in [0.25, 0.3) is 0 Å². The van der Waals surface area contributed by atoms with Crippen LogP contribution in [0.15, 0.2) is 24.3 Å². The van der Waals surface area contributed by atoms with Crippen LogP contribution in [0.4, 0.5) is 4.79 Å². The third kappa shape index (κ3) is 2.07. The molecule has 1 aliphatic heterocycles. The summed E-state index contributed by atoms with van der Waals surface area (Å²) in [5.74, 6) is 0. The summed E-state index contributed by atoms with van der Waals surface area (Å²) in [4.78, 5) is 14.1. The van der Waals surface area contributed by atoms with E-state index in [2.05, 4.69) is 5.32 Å². The Morgan fingerprint density at radius 1 is 1.22 bits per heavy atom. The molecule has 3 rings (SSSR count). The van der Waals surface area contributed by atoms with Gasteiger partial charge in [0.2, 0.25) is 0 Å². The highest BCUT2D eigenvalue weighted by Gasteiger charge is 2.47. The molecule has 0 radical (unpaired) electrons. The van der Waals surface area contributed by atoms with Gasteiger partial charge < -0.3 is 10.2 Å². The molecule has 18 heavy (non-hydrogen) atoms. The maximum atomic E-state index is 12.2. The molecule has 1 saturated carbocycles. The van der Waals surface area contributed by atoms with Crippen LogP contribution in [0.5, 0.6) is 0 Å². The van der Waals surface area contributed by atoms with Crippen LogP contribution >= 0.6 is 11.6 Å². The van der Waals surface area contributed by atoms with E-state index in [-0.39, 0.29) is 11.6 Å². The number of hydrogen-bond donors (Lipinski definition) is 1. The van der Waals surface area contributed by atoms with Gasteiger partial charge in [-0.3, -0.25) is 0 Å². The molecule has 1 aliphatic carbocycles. The van der Waals surface area contributed by atoms with Crippen LogP contribution in [-0.2, 0) is 5.54 Å². The maximum Gasteiger partial charge on any atom is 0.318 e. The molecule has 1 N–H and O–H groups in total. The number of carbonyl (C=O) groups excluding carboxylic acids is 1. The van der Waals surface area contributed by atoms with Crippen LogP contribution in [0.2, 0.25) is 5.02 Å². The first-order chi connectivity index (χ1) is 8.71. The number of urea groups is 1. The number of hydrogen-bond acceptors (Lipinski definition) is 1. The van der Waals surface area contributed by atoms with Crippen LogP contribution in [-0.4, -0.2) is 24.0 Å². The lowest BCUT2D eigenvalue weighted by molar-refractivity contribution is 0.203. The first-order valence-electron chi connectivity index (χ1n) is 6.53. The van der Waals surface area contributed by atoms with Gasteiger partial charge >= 0.3 is 6.03 Å². The number of likely N-dealkylation sites (tertiary alicyclic amines) is 1. The van der Waals surface area contributed by atoms with E-state index in [1.54, 1.807) is 0 Å². The largest absolute Gasteiger partial charge is 0.328 e. The standard InChI is InChI=1S/C14H17ClN2O/c15-12-6-2-1-5-11(12)14(7-8-14)16-13(18)17-9-3-4-10-17/h1-2,5-6H,3-4,7-10H2,(H,16,18). The number of carbonyl (C=O) groups is 1. The Labute approximate surface area is 112 Å². The number of benzene rings is 1. The molecule has 0 aromatic heterocycles. The molecule has 1 aromatic carbocycles. The Balaban J connectivity index is 1.75. The fourth-order valence-electron chi connectivity index (χ4n) is 2.64. The molecular weight excluding hydrogens is 248 g/mol. The fourth-order valence-corrected chi connectivity index (χ4v) is 2.96. The second kappa shape index (κ2) is 4.47. The van der Waals surface area contributed by atoms with Crippen molar-refractivity contribution in [3.05, 3.63) is 34.9 Å². The molecule has 1 heterocycles. The Morgan fingerprint density at radius 3 is 2.50 bits per heavy atom. The zero-order chi connectivity index (χ0) is 12.6. The van der Waals surface area contributed by atoms with Gasteiger partial charge in [0, 0.05) is 18.1 Å². The third-order valence-corrected chi connectivity index (χ3v) is 4.21. The van der Waals surface area contributed by atoms with Crippen molar-refractivity contribution in [1.29, 1.82) is 0 Å². The lowest BCUT2D eigenvalue weighted by atomic mass is 10.1. The summed E-state index contributed by atoms with van der Waals surface area (Å²) in [6, 6.07) is 7.86. The van der Waals surface area contributed by atoms with E-state index in [1.807, 2.05) is 29.2 Å². The minimum atomic E-state index is -0.210. The lowest BCUT2D eigenvalue weighted by Crippen LogP contribution is -2.43. The zero-order valence-electron chi connectivity index (χ0n) is 10.3. The summed E-state index contributed by atoms with van der Waals surface area (Å²) in [5.41, 5.74) is 0.845. The van der Waals surface area contributed by atoms with Gasteiger partial charge in [-0.1, -0.05) is 29.8 Å². The van der Waals surface area contributed by atoms with E-state index < -0.39 is 0 Å². The normalized spacial score (nSPS) is 20.8. The lowest BCUT2D eigenvalue weighted by Gasteiger charge is -2.23. The quantitative estimate of drug-likeness (QED) is 0.875. The number of halogens is 1. The molecule has 4 heteroatoms. The molecule has 2 amide bonds. The maximum absolute atomic E-state index is 12.2. The fraction of sp³-hybridized carbons (Fsp3) is 0.500. The summed E-state index contributed by atoms with van der Waals surface area (Å²) in [6.45, 7) is 1.76. The van der Waals surface area contributed by atoms with Crippen molar-refractivity contribution in [3.63, 3.8) is 0 Å². The molecule has 3 nitrogen and oxygen atoms in total. The first-order valence-corrected chi connectivity index (χ1v) is 6.91. The van der Waals surface area contributed by atoms with Gasteiger partial charge in [-0.2, -0.15) is 0 Å². The molecule has 96 valence electrons. The summed E-state index contributed by atoms with van der Waals surface area (Å²) in [7, 11) is 0. The highest BCUT2D eigenvalue weighted by molar-refractivity contribution is 6.31. The second-order valence-electron chi connectivity index (χ2n) is 5.19. The van der Waals surface area contributed by atoms with Crippen LogP contribution in [0.3, 0.4) is 0 Å². The monoisotopic (exact) mass is 264 g/mol. The van der Waals surface area contributed by atoms with Crippen molar-refractivity contribution in [2.24, 2.45) is 0 Å². The van der Waals surface area contributed by atoms with Gasteiger partial charge in [0.05, 0.1) is 5.54 Å². The molecule has 2 aliphatic rings. The van der Waals surface area contributed by atoms with E-state index >= 15 is 0 Å². The molecule has 2 fully saturated rings. The Bertz CT molecular complexity index is 465. The van der Waals surface area contributed by atoms with Gasteiger partial charge in [-0.05, 0) is 37.3 Å². The Morgan fingerprint density at radius 2 is 1.89 bits per heavy atom. The first kappa shape index (κ1) is 11.8. The van der Waals surface area contributed by atoms with Crippen molar-refractivity contribution in [3.8, 4) is 0 Å². The number of rotatable bonds is 2. The topological polar surface area (TPSA) is 32.3 Å². The van der Waals surface area contributed by atoms with E-state index in [4.69, 9.17) is 11.6 Å². The molecular formula is C14H17ClN2O. The van der Waals surface area contributed by atoms with Gasteiger partial charge in [-0.15, -0.1) is 0 Å². The summed E-state index contributed by atoms with van der Waals surface area (Å²) < 4.78 is 0. The van der Waals surface area contributed by atoms with Gasteiger partial charge in [0.1, 0.15) is 0 Å². The highest BCUT2D eigenvalue weighted by Crippen LogP contribution is 2.48. The summed E-state index contributed by atoms with van der Waals surface area (Å²) >= 11 is 6.23. The average molecular weight is 265 g/mol. The van der Waals surface area contributed by atoms with Crippen LogP contribution in [0, 0.1) is 0 Å². The van der Waals surface area contributed by atoms with E-state index in [0.29, 0.717) is 0 Å². The van der Waals surface area contributed by atoms with Crippen LogP contribution < -0.4 is 5.32 Å². The smallest absolute Gasteiger partial charge is 0.318 e. The van der Waals surface area contributed by atoms with E-state index in [0.717, 1.165) is 49.4 Å². The number of nitrogens with zero attached hydrogens (tertiary/aromatic N) is 1. The minimum Gasteiger partial charge on any atom is -0.328 e. The molecule has 1 aromatic rings. The van der Waals surface area contributed by atoms with Crippen molar-refractivity contribution < 1.29 is 4.79 Å². The zero-order valence-corrected chi connectivity index (χ0v) is 11.0. The van der Waals surface area contributed by atoms with Gasteiger partial charge in [-0.25, -0.2) is 4.79 Å². The highest BCUT2D eigenvalue weighted by atomic mass is 35.5. The second-order valence-corrected chi connectivity index (χ2v) is 5.59. The molecule has 0 bridgehead atoms. The van der Waals surface area contributed by atoms with Crippen molar-refractivity contribution in [2.45, 2.75) is 31.2 Å². The predicted molar refractivity (Wildman–Crippen MR) is 71.7 cm³/mol. The Hall–Kier alpha value is -1.22. The number of nitrogens with one attached hydrogen (secondary N) is 1. The Kier molecular flexibility index (Phi) is 2.94. The minimum absolute atomic E-state index is 0.0601. The molecule has 0 unspecified atom stereocenters. The van der Waals surface area contributed by atoms with Crippen LogP contribution in [0.25, 0.3) is 0 Å². The molecule has 0 atom stereocenters. The van der Waals surface area contributed by atoms with E-state index in [1.165, 1.54) is 0 Å². The summed E-state index contributed by atoms with van der Waals surface area (Å²) in [5, 5.41) is 3.92. The SMILES string of the molecule is O=C(NC1(c2ccccc2Cl)CC1)N1CCCC1. The van der Waals surface area contributed by atoms with Crippen molar-refractivity contribution in [1.82, 2.24) is 10.2 Å². The average Bonchev–Trinajstić information content (AvgIpc) is 2.94. The predicted octanol–water partition coefficient (Wildman–Crippen LogP) is 3.13. The van der Waals surface area contributed by atoms with E-state index in [9.17, 15) is 4.79 Å². The third-order valence-electron chi connectivity index (χ3n) is 3.88. The molecule has 1 saturated heterocycles. The van der Waals surface area contributed by atoms with Crippen molar-refractivity contribution in [2.75, 3.05) is 13.1 Å². The summed E-state index contributed by atoms with van der Waals surface area (Å²) in [6.07, 6.45) is 4.20. The van der Waals surface area contributed by atoms with Crippen LogP contribution in [0.1, 0.15) is 31.2 Å². The molecule has 0 spiro atoms. The number of amides is 2.